The lowest BCUT2D eigenvalue weighted by Crippen LogP contribution is -2.45. The second-order valence-corrected chi connectivity index (χ2v) is 5.61. The van der Waals surface area contributed by atoms with Gasteiger partial charge in [-0.05, 0) is 37.5 Å². The Bertz CT molecular complexity index is 453. The summed E-state index contributed by atoms with van der Waals surface area (Å²) in [4.78, 5) is 2.39. The molecule has 18 heavy (non-hydrogen) atoms. The van der Waals surface area contributed by atoms with Crippen LogP contribution in [-0.2, 0) is 0 Å². The molecule has 2 rings (SSSR count). The number of anilines is 1. The van der Waals surface area contributed by atoms with Gasteiger partial charge in [-0.3, -0.25) is 5.32 Å². The lowest BCUT2D eigenvalue weighted by molar-refractivity contribution is 0.439. The lowest BCUT2D eigenvalue weighted by Gasteiger charge is -2.34. The van der Waals surface area contributed by atoms with Gasteiger partial charge < -0.3 is 4.90 Å². The minimum atomic E-state index is 0.429. The minimum absolute atomic E-state index is 0.429. The summed E-state index contributed by atoms with van der Waals surface area (Å²) in [6, 6.07) is 9.08. The third kappa shape index (κ3) is 3.24. The largest absolute Gasteiger partial charge is 0.370 e. The van der Waals surface area contributed by atoms with E-state index in [-0.39, 0.29) is 0 Å². The number of halogens is 1. The van der Waals surface area contributed by atoms with Gasteiger partial charge in [0.05, 0.1) is 12.6 Å². The fourth-order valence-corrected chi connectivity index (χ4v) is 2.71. The predicted octanol–water partition coefficient (Wildman–Crippen LogP) is 2.84. The van der Waals surface area contributed by atoms with Gasteiger partial charge in [-0.1, -0.05) is 22.0 Å². The quantitative estimate of drug-likeness (QED) is 0.873. The van der Waals surface area contributed by atoms with Crippen LogP contribution in [0.2, 0.25) is 0 Å². The molecule has 0 aromatic heterocycles. The number of benzene rings is 1. The van der Waals surface area contributed by atoms with Crippen molar-refractivity contribution in [1.29, 1.82) is 5.26 Å². The van der Waals surface area contributed by atoms with Crippen molar-refractivity contribution in [2.45, 2.75) is 25.8 Å². The number of hydrogen-bond donors (Lipinski definition) is 1. The van der Waals surface area contributed by atoms with E-state index in [4.69, 9.17) is 5.26 Å². The number of aryl methyl sites for hydroxylation is 1. The Morgan fingerprint density at radius 3 is 3.11 bits per heavy atom. The van der Waals surface area contributed by atoms with Crippen molar-refractivity contribution in [2.24, 2.45) is 0 Å². The Hall–Kier alpha value is -1.05. The maximum absolute atomic E-state index is 8.61. The van der Waals surface area contributed by atoms with Crippen molar-refractivity contribution in [3.63, 3.8) is 0 Å². The van der Waals surface area contributed by atoms with Crippen LogP contribution in [0.25, 0.3) is 0 Å². The van der Waals surface area contributed by atoms with Crippen LogP contribution in [0.3, 0.4) is 0 Å². The molecule has 0 amide bonds. The summed E-state index contributed by atoms with van der Waals surface area (Å²) in [6.45, 7) is 4.62. The predicted molar refractivity (Wildman–Crippen MR) is 77.7 cm³/mol. The van der Waals surface area contributed by atoms with Gasteiger partial charge in [-0.25, -0.2) is 0 Å². The fraction of sp³-hybridized carbons (Fsp3) is 0.500. The Morgan fingerprint density at radius 2 is 2.39 bits per heavy atom. The summed E-state index contributed by atoms with van der Waals surface area (Å²) in [5, 5.41) is 11.9. The molecule has 0 aliphatic carbocycles. The van der Waals surface area contributed by atoms with Crippen molar-refractivity contribution in [2.75, 3.05) is 24.5 Å². The average Bonchev–Trinajstić information content (AvgIpc) is 2.40. The van der Waals surface area contributed by atoms with Crippen LogP contribution in [0.1, 0.15) is 18.4 Å². The summed E-state index contributed by atoms with van der Waals surface area (Å²) in [6.07, 6.45) is 2.33. The first-order valence-corrected chi connectivity index (χ1v) is 7.11. The molecule has 1 aromatic rings. The molecule has 1 unspecified atom stereocenters. The highest BCUT2D eigenvalue weighted by molar-refractivity contribution is 9.10. The standard InChI is InChI=1S/C14H18BrN3/c1-11-4-5-13(9-14(11)15)18-8-2-3-12(10-18)17-7-6-16/h4-5,9,12,17H,2-3,7-8,10H2,1H3. The van der Waals surface area contributed by atoms with Gasteiger partial charge in [0, 0.05) is 29.3 Å². The number of hydrogen-bond acceptors (Lipinski definition) is 3. The van der Waals surface area contributed by atoms with E-state index < -0.39 is 0 Å². The summed E-state index contributed by atoms with van der Waals surface area (Å²) in [5.74, 6) is 0. The maximum atomic E-state index is 8.61. The van der Waals surface area contributed by atoms with Gasteiger partial charge in [0.1, 0.15) is 0 Å². The van der Waals surface area contributed by atoms with Gasteiger partial charge in [0.2, 0.25) is 0 Å². The highest BCUT2D eigenvalue weighted by atomic mass is 79.9. The number of rotatable bonds is 3. The van der Waals surface area contributed by atoms with E-state index >= 15 is 0 Å². The fourth-order valence-electron chi connectivity index (χ4n) is 2.35. The van der Waals surface area contributed by atoms with Crippen LogP contribution in [0.4, 0.5) is 5.69 Å². The van der Waals surface area contributed by atoms with Crippen molar-refractivity contribution in [1.82, 2.24) is 5.32 Å². The zero-order chi connectivity index (χ0) is 13.0. The molecular weight excluding hydrogens is 290 g/mol. The molecule has 0 saturated carbocycles. The molecule has 0 spiro atoms. The van der Waals surface area contributed by atoms with Crippen LogP contribution in [0.5, 0.6) is 0 Å². The van der Waals surface area contributed by atoms with Crippen LogP contribution in [0.15, 0.2) is 22.7 Å². The summed E-state index contributed by atoms with van der Waals surface area (Å²) >= 11 is 3.58. The first-order valence-electron chi connectivity index (χ1n) is 6.32. The van der Waals surface area contributed by atoms with Gasteiger partial charge in [0.25, 0.3) is 0 Å². The highest BCUT2D eigenvalue weighted by Crippen LogP contribution is 2.25. The Kier molecular flexibility index (Phi) is 4.62. The second kappa shape index (κ2) is 6.21. The van der Waals surface area contributed by atoms with Crippen molar-refractivity contribution in [3.8, 4) is 6.07 Å². The summed E-state index contributed by atoms with van der Waals surface area (Å²) in [5.41, 5.74) is 2.52. The van der Waals surface area contributed by atoms with E-state index in [9.17, 15) is 0 Å². The monoisotopic (exact) mass is 307 g/mol. The second-order valence-electron chi connectivity index (χ2n) is 4.76. The molecule has 1 aromatic carbocycles. The normalized spacial score (nSPS) is 19.6. The first-order chi connectivity index (χ1) is 8.70. The van der Waals surface area contributed by atoms with Gasteiger partial charge in [-0.15, -0.1) is 0 Å². The van der Waals surface area contributed by atoms with Crippen molar-refractivity contribution in [3.05, 3.63) is 28.2 Å². The molecule has 96 valence electrons. The minimum Gasteiger partial charge on any atom is -0.370 e. The van der Waals surface area contributed by atoms with Crippen molar-refractivity contribution < 1.29 is 0 Å². The van der Waals surface area contributed by atoms with Crippen LogP contribution in [0, 0.1) is 18.3 Å². The molecule has 3 nitrogen and oxygen atoms in total. The molecular formula is C14H18BrN3. The number of nitrogens with one attached hydrogen (secondary N) is 1. The van der Waals surface area contributed by atoms with Crippen LogP contribution in [-0.4, -0.2) is 25.7 Å². The number of piperidine rings is 1. The zero-order valence-corrected chi connectivity index (χ0v) is 12.2. The Balaban J connectivity index is 2.04. The topological polar surface area (TPSA) is 39.1 Å². The molecule has 1 aliphatic heterocycles. The average molecular weight is 308 g/mol. The molecule has 1 N–H and O–H groups in total. The third-order valence-corrected chi connectivity index (χ3v) is 4.27. The Morgan fingerprint density at radius 1 is 1.56 bits per heavy atom. The van der Waals surface area contributed by atoms with Gasteiger partial charge in [0.15, 0.2) is 0 Å². The smallest absolute Gasteiger partial charge is 0.0843 e. The highest BCUT2D eigenvalue weighted by Gasteiger charge is 2.19. The van der Waals surface area contributed by atoms with E-state index in [0.29, 0.717) is 12.6 Å². The third-order valence-electron chi connectivity index (χ3n) is 3.41. The van der Waals surface area contributed by atoms with Gasteiger partial charge >= 0.3 is 0 Å². The maximum Gasteiger partial charge on any atom is 0.0843 e. The van der Waals surface area contributed by atoms with E-state index in [1.54, 1.807) is 0 Å². The number of nitriles is 1. The molecule has 1 heterocycles. The lowest BCUT2D eigenvalue weighted by atomic mass is 10.0. The van der Waals surface area contributed by atoms with Gasteiger partial charge in [-0.2, -0.15) is 5.26 Å². The number of nitrogens with zero attached hydrogens (tertiary/aromatic N) is 2. The first kappa shape index (κ1) is 13.4. The summed E-state index contributed by atoms with van der Waals surface area (Å²) in [7, 11) is 0. The molecule has 1 aliphatic rings. The molecule has 0 radical (unpaired) electrons. The zero-order valence-electron chi connectivity index (χ0n) is 10.6. The SMILES string of the molecule is Cc1ccc(N2CCCC(NCC#N)C2)cc1Br. The van der Waals surface area contributed by atoms with Crippen LogP contribution < -0.4 is 10.2 Å². The van der Waals surface area contributed by atoms with E-state index in [1.807, 2.05) is 0 Å². The van der Waals surface area contributed by atoms with Crippen molar-refractivity contribution >= 4 is 21.6 Å². The molecule has 4 heteroatoms. The van der Waals surface area contributed by atoms with E-state index in [2.05, 4.69) is 57.3 Å². The molecule has 1 fully saturated rings. The Labute approximate surface area is 117 Å². The molecule has 0 bridgehead atoms. The molecule has 1 atom stereocenters. The molecule has 1 saturated heterocycles. The van der Waals surface area contributed by atoms with Crippen LogP contribution >= 0.6 is 15.9 Å². The summed E-state index contributed by atoms with van der Waals surface area (Å²) < 4.78 is 1.16. The van der Waals surface area contributed by atoms with E-state index in [1.165, 1.54) is 17.7 Å². The van der Waals surface area contributed by atoms with E-state index in [0.717, 1.165) is 24.0 Å².